The Morgan fingerprint density at radius 1 is 1.48 bits per heavy atom. The first-order valence-corrected chi connectivity index (χ1v) is 8.81. The topological polar surface area (TPSA) is 84.4 Å². The van der Waals surface area contributed by atoms with Crippen molar-refractivity contribution in [3.8, 4) is 0 Å². The summed E-state index contributed by atoms with van der Waals surface area (Å²) >= 11 is 0. The van der Waals surface area contributed by atoms with Gasteiger partial charge in [-0.3, -0.25) is 0 Å². The van der Waals surface area contributed by atoms with Gasteiger partial charge < -0.3 is 15.0 Å². The van der Waals surface area contributed by atoms with Crippen molar-refractivity contribution in [2.45, 2.75) is 26.0 Å². The zero-order chi connectivity index (χ0) is 15.5. The monoisotopic (exact) mass is 314 g/mol. The lowest BCUT2D eigenvalue weighted by Gasteiger charge is -2.25. The van der Waals surface area contributed by atoms with Crippen LogP contribution in [0.2, 0.25) is 0 Å². The minimum Gasteiger partial charge on any atom is -0.377 e. The first kappa shape index (κ1) is 16.0. The summed E-state index contributed by atoms with van der Waals surface area (Å²) in [6.07, 6.45) is 0.638. The fourth-order valence-corrected chi connectivity index (χ4v) is 4.17. The van der Waals surface area contributed by atoms with Crippen molar-refractivity contribution in [1.29, 1.82) is 0 Å². The van der Waals surface area contributed by atoms with Gasteiger partial charge in [0, 0.05) is 32.8 Å². The van der Waals surface area contributed by atoms with E-state index in [0.717, 1.165) is 18.2 Å². The van der Waals surface area contributed by atoms with Crippen LogP contribution in [-0.4, -0.2) is 56.6 Å². The number of methoxy groups -OCH3 is 1. The van der Waals surface area contributed by atoms with E-state index in [4.69, 9.17) is 4.74 Å². The van der Waals surface area contributed by atoms with Gasteiger partial charge in [-0.15, -0.1) is 0 Å². The Bertz CT molecular complexity index is 567. The molecule has 1 aromatic heterocycles. The molecule has 1 aromatic rings. The zero-order valence-electron chi connectivity index (χ0n) is 12.7. The molecule has 1 aliphatic rings. The van der Waals surface area contributed by atoms with Gasteiger partial charge in [0.15, 0.2) is 15.7 Å². The number of aromatic nitrogens is 2. The predicted molar refractivity (Wildman–Crippen MR) is 82.4 cm³/mol. The summed E-state index contributed by atoms with van der Waals surface area (Å²) < 4.78 is 28.3. The first-order chi connectivity index (χ1) is 9.95. The molecule has 0 radical (unpaired) electrons. The molecule has 21 heavy (non-hydrogen) atoms. The van der Waals surface area contributed by atoms with Gasteiger partial charge in [-0.1, -0.05) is 0 Å². The average Bonchev–Trinajstić information content (AvgIpc) is 2.79. The normalized spacial score (nSPS) is 20.4. The van der Waals surface area contributed by atoms with Gasteiger partial charge in [0.2, 0.25) is 0 Å². The average molecular weight is 314 g/mol. The Labute approximate surface area is 125 Å². The van der Waals surface area contributed by atoms with Crippen LogP contribution < -0.4 is 10.2 Å². The minimum absolute atomic E-state index is 0.0326. The molecule has 0 saturated carbocycles. The number of anilines is 2. The number of nitrogens with one attached hydrogen (secondary N) is 1. The fraction of sp³-hybridized carbons (Fsp3) is 0.692. The van der Waals surface area contributed by atoms with Crippen molar-refractivity contribution in [3.63, 3.8) is 0 Å². The number of hydrogen-bond acceptors (Lipinski definition) is 7. The largest absolute Gasteiger partial charge is 0.377 e. The quantitative estimate of drug-likeness (QED) is 0.826. The van der Waals surface area contributed by atoms with Gasteiger partial charge >= 0.3 is 0 Å². The van der Waals surface area contributed by atoms with Crippen LogP contribution in [0.1, 0.15) is 19.2 Å². The lowest BCUT2D eigenvalue weighted by Crippen LogP contribution is -2.33. The Kier molecular flexibility index (Phi) is 5.00. The number of hydrogen-bond donors (Lipinski definition) is 1. The van der Waals surface area contributed by atoms with Crippen molar-refractivity contribution in [3.05, 3.63) is 11.9 Å². The van der Waals surface area contributed by atoms with Gasteiger partial charge in [0.25, 0.3) is 0 Å². The van der Waals surface area contributed by atoms with Crippen molar-refractivity contribution in [2.24, 2.45) is 0 Å². The summed E-state index contributed by atoms with van der Waals surface area (Å²) in [7, 11) is 0.554. The highest BCUT2D eigenvalue weighted by Gasteiger charge is 2.31. The molecule has 8 heteroatoms. The Hall–Kier alpha value is -1.41. The first-order valence-electron chi connectivity index (χ1n) is 6.99. The number of rotatable bonds is 6. The molecule has 1 atom stereocenters. The second-order valence-electron chi connectivity index (χ2n) is 5.16. The maximum Gasteiger partial charge on any atom is 0.158 e. The second-order valence-corrected chi connectivity index (χ2v) is 7.39. The summed E-state index contributed by atoms with van der Waals surface area (Å²) in [5.41, 5.74) is 0. The van der Waals surface area contributed by atoms with E-state index in [1.165, 1.54) is 0 Å². The third-order valence-electron chi connectivity index (χ3n) is 3.51. The van der Waals surface area contributed by atoms with E-state index in [1.54, 1.807) is 7.11 Å². The maximum atomic E-state index is 11.6. The van der Waals surface area contributed by atoms with Crippen LogP contribution in [0, 0.1) is 0 Å². The van der Waals surface area contributed by atoms with Crippen LogP contribution >= 0.6 is 0 Å². The molecular formula is C13H22N4O3S. The second kappa shape index (κ2) is 6.57. The van der Waals surface area contributed by atoms with Gasteiger partial charge in [-0.25, -0.2) is 18.4 Å². The van der Waals surface area contributed by atoms with E-state index >= 15 is 0 Å². The van der Waals surface area contributed by atoms with Gasteiger partial charge in [-0.05, 0) is 13.3 Å². The molecule has 1 unspecified atom stereocenters. The van der Waals surface area contributed by atoms with Crippen LogP contribution in [0.25, 0.3) is 0 Å². The molecule has 2 rings (SSSR count). The van der Waals surface area contributed by atoms with E-state index in [1.807, 2.05) is 24.9 Å². The van der Waals surface area contributed by atoms with Crippen LogP contribution in [0.5, 0.6) is 0 Å². The molecule has 1 aliphatic heterocycles. The summed E-state index contributed by atoms with van der Waals surface area (Å²) in [5.74, 6) is 2.46. The number of sulfone groups is 1. The molecule has 118 valence electrons. The van der Waals surface area contributed by atoms with Crippen molar-refractivity contribution < 1.29 is 13.2 Å². The van der Waals surface area contributed by atoms with Crippen molar-refractivity contribution >= 4 is 21.5 Å². The van der Waals surface area contributed by atoms with Crippen LogP contribution in [-0.2, 0) is 21.2 Å². The van der Waals surface area contributed by atoms with E-state index in [-0.39, 0.29) is 17.5 Å². The fourth-order valence-electron chi connectivity index (χ4n) is 2.40. The third-order valence-corrected chi connectivity index (χ3v) is 5.26. The molecule has 0 spiro atoms. The van der Waals surface area contributed by atoms with Crippen LogP contribution in [0.3, 0.4) is 0 Å². The molecule has 0 aliphatic carbocycles. The van der Waals surface area contributed by atoms with E-state index in [0.29, 0.717) is 18.9 Å². The van der Waals surface area contributed by atoms with Crippen molar-refractivity contribution in [2.75, 3.05) is 42.4 Å². The molecule has 7 nitrogen and oxygen atoms in total. The smallest absolute Gasteiger partial charge is 0.158 e. The maximum absolute atomic E-state index is 11.6. The molecule has 2 heterocycles. The highest BCUT2D eigenvalue weighted by molar-refractivity contribution is 7.91. The van der Waals surface area contributed by atoms with E-state index in [9.17, 15) is 8.42 Å². The zero-order valence-corrected chi connectivity index (χ0v) is 13.5. The van der Waals surface area contributed by atoms with E-state index in [2.05, 4.69) is 15.3 Å². The van der Waals surface area contributed by atoms with Gasteiger partial charge in [0.1, 0.15) is 18.2 Å². The summed E-state index contributed by atoms with van der Waals surface area (Å²) in [4.78, 5) is 10.7. The van der Waals surface area contributed by atoms with Gasteiger partial charge in [-0.2, -0.15) is 0 Å². The molecule has 1 N–H and O–H groups in total. The molecule has 0 bridgehead atoms. The number of ether oxygens (including phenoxy) is 1. The van der Waals surface area contributed by atoms with Crippen LogP contribution in [0.15, 0.2) is 6.07 Å². The van der Waals surface area contributed by atoms with Gasteiger partial charge in [0.05, 0.1) is 11.5 Å². The molecule has 0 amide bonds. The molecule has 1 fully saturated rings. The summed E-state index contributed by atoms with van der Waals surface area (Å²) in [5, 5.41) is 3.16. The molecular weight excluding hydrogens is 292 g/mol. The Morgan fingerprint density at radius 2 is 2.24 bits per heavy atom. The highest BCUT2D eigenvalue weighted by Crippen LogP contribution is 2.23. The third kappa shape index (κ3) is 4.04. The lowest BCUT2D eigenvalue weighted by atomic mass is 10.2. The Morgan fingerprint density at radius 3 is 2.81 bits per heavy atom. The lowest BCUT2D eigenvalue weighted by molar-refractivity contribution is 0.178. The summed E-state index contributed by atoms with van der Waals surface area (Å²) in [6.45, 7) is 3.07. The predicted octanol–water partition coefficient (Wildman–Crippen LogP) is 0.678. The number of nitrogens with zero attached hydrogens (tertiary/aromatic N) is 3. The van der Waals surface area contributed by atoms with E-state index < -0.39 is 9.84 Å². The minimum atomic E-state index is -2.91. The molecule has 0 aromatic carbocycles. The summed E-state index contributed by atoms with van der Waals surface area (Å²) in [6, 6.07) is 1.81. The van der Waals surface area contributed by atoms with Crippen LogP contribution in [0.4, 0.5) is 11.6 Å². The SMILES string of the molecule is CCNc1cc(N(C)C2CCS(=O)(=O)C2)nc(COC)n1. The standard InChI is InChI=1S/C13H22N4O3S/c1-4-14-11-7-13(16-12(15-11)8-20-3)17(2)10-5-6-21(18,19)9-10/h7,10H,4-6,8-9H2,1-3H3,(H,14,15,16). The van der Waals surface area contributed by atoms with Crippen molar-refractivity contribution in [1.82, 2.24) is 9.97 Å². The highest BCUT2D eigenvalue weighted by atomic mass is 32.2. The Balaban J connectivity index is 2.24. The molecule has 1 saturated heterocycles.